The van der Waals surface area contributed by atoms with E-state index < -0.39 is 0 Å². The normalized spacial score (nSPS) is 21.6. The molecule has 0 bridgehead atoms. The number of carbonyl (C=O) groups is 1. The molecular formula is C26H28ClN9O. The first-order valence-electron chi connectivity index (χ1n) is 12.5. The second-order valence-electron chi connectivity index (χ2n) is 9.94. The number of halogens is 1. The molecule has 1 aromatic carbocycles. The van der Waals surface area contributed by atoms with Crippen molar-refractivity contribution in [3.8, 4) is 6.07 Å². The largest absolute Gasteiger partial charge is 0.355 e. The van der Waals surface area contributed by atoms with Crippen LogP contribution in [0.3, 0.4) is 0 Å². The zero-order chi connectivity index (χ0) is 26.1. The molecule has 3 aromatic rings. The topological polar surface area (TPSA) is 126 Å². The molecule has 0 unspecified atom stereocenters. The molecule has 37 heavy (non-hydrogen) atoms. The van der Waals surface area contributed by atoms with Crippen molar-refractivity contribution in [2.45, 2.75) is 45.7 Å². The lowest BCUT2D eigenvalue weighted by Crippen LogP contribution is -2.39. The van der Waals surface area contributed by atoms with Gasteiger partial charge in [0.1, 0.15) is 5.82 Å². The van der Waals surface area contributed by atoms with Crippen LogP contribution in [0.25, 0.3) is 16.1 Å². The van der Waals surface area contributed by atoms with Gasteiger partial charge >= 0.3 is 0 Å². The standard InChI is InChI=1S/C26H28ClN9O/c1-16-13-34(15-19(16)11-28)25-17(2)14-36-24(31-25)10-22(32-36)23-5-3-4-8-35(23)26(37)21-9-20(27)7-6-18(21)12-30-33-29/h6-7,9-10,14,16,19,23H,3-5,8,12-13,15H2,1-2H3/t16-,19+,23-/m0/s1. The van der Waals surface area contributed by atoms with Crippen LogP contribution in [0.1, 0.15) is 59.4 Å². The molecule has 2 fully saturated rings. The van der Waals surface area contributed by atoms with Crippen molar-refractivity contribution in [1.29, 1.82) is 5.26 Å². The number of benzene rings is 1. The Labute approximate surface area is 220 Å². The van der Waals surface area contributed by atoms with Gasteiger partial charge in [0.15, 0.2) is 5.65 Å². The highest BCUT2D eigenvalue weighted by Gasteiger charge is 2.33. The summed E-state index contributed by atoms with van der Waals surface area (Å²) in [5.41, 5.74) is 12.4. The van der Waals surface area contributed by atoms with E-state index in [1.165, 1.54) is 0 Å². The fraction of sp³-hybridized carbons (Fsp3) is 0.462. The number of amides is 1. The highest BCUT2D eigenvalue weighted by molar-refractivity contribution is 6.31. The molecule has 1 amide bonds. The lowest BCUT2D eigenvalue weighted by Gasteiger charge is -2.35. The van der Waals surface area contributed by atoms with Crippen LogP contribution in [-0.2, 0) is 6.54 Å². The summed E-state index contributed by atoms with van der Waals surface area (Å²) < 4.78 is 1.78. The number of nitriles is 1. The summed E-state index contributed by atoms with van der Waals surface area (Å²) in [7, 11) is 0. The fourth-order valence-corrected chi connectivity index (χ4v) is 5.61. The number of aryl methyl sites for hydroxylation is 1. The van der Waals surface area contributed by atoms with Gasteiger partial charge in [-0.05, 0) is 55.3 Å². The van der Waals surface area contributed by atoms with E-state index in [4.69, 9.17) is 27.2 Å². The first kappa shape index (κ1) is 24.9. The Bertz CT molecular complexity index is 1440. The quantitative estimate of drug-likeness (QED) is 0.252. The molecule has 2 aliphatic heterocycles. The number of hydrogen-bond acceptors (Lipinski definition) is 6. The Hall–Kier alpha value is -3.80. The van der Waals surface area contributed by atoms with Gasteiger partial charge in [-0.1, -0.05) is 29.7 Å². The van der Waals surface area contributed by atoms with Crippen LogP contribution in [-0.4, -0.2) is 45.0 Å². The Kier molecular flexibility index (Phi) is 6.92. The third kappa shape index (κ3) is 4.80. The molecule has 4 heterocycles. The van der Waals surface area contributed by atoms with E-state index in [9.17, 15) is 10.1 Å². The number of likely N-dealkylation sites (tertiary alicyclic amines) is 1. The minimum Gasteiger partial charge on any atom is -0.355 e. The van der Waals surface area contributed by atoms with Crippen molar-refractivity contribution in [2.75, 3.05) is 24.5 Å². The third-order valence-electron chi connectivity index (χ3n) is 7.41. The number of hydrogen-bond donors (Lipinski definition) is 0. The highest BCUT2D eigenvalue weighted by atomic mass is 35.5. The van der Waals surface area contributed by atoms with E-state index in [0.717, 1.165) is 42.9 Å². The Morgan fingerprint density at radius 1 is 1.32 bits per heavy atom. The number of carbonyl (C=O) groups excluding carboxylic acids is 1. The Balaban J connectivity index is 1.47. The second kappa shape index (κ2) is 10.3. The van der Waals surface area contributed by atoms with Crippen LogP contribution >= 0.6 is 11.6 Å². The van der Waals surface area contributed by atoms with Crippen molar-refractivity contribution in [3.05, 3.63) is 68.3 Å². The average molecular weight is 518 g/mol. The maximum absolute atomic E-state index is 13.8. The SMILES string of the molecule is Cc1cn2nc([C@@H]3CCCCN3C(=O)c3cc(Cl)ccc3CN=[N+]=[N-])cc2nc1N1C[C@@H](C#N)[C@@H](C)C1. The molecule has 11 heteroatoms. The minimum absolute atomic E-state index is 0.00469. The molecule has 3 atom stereocenters. The van der Waals surface area contributed by atoms with E-state index in [1.54, 1.807) is 22.7 Å². The first-order valence-corrected chi connectivity index (χ1v) is 12.9. The molecule has 0 saturated carbocycles. The average Bonchev–Trinajstić information content (AvgIpc) is 3.49. The molecule has 0 radical (unpaired) electrons. The van der Waals surface area contributed by atoms with Crippen molar-refractivity contribution in [2.24, 2.45) is 17.0 Å². The van der Waals surface area contributed by atoms with E-state index in [0.29, 0.717) is 40.8 Å². The van der Waals surface area contributed by atoms with Gasteiger partial charge in [0.25, 0.3) is 5.91 Å². The molecule has 0 spiro atoms. The first-order chi connectivity index (χ1) is 17.9. The third-order valence-corrected chi connectivity index (χ3v) is 7.65. The van der Waals surface area contributed by atoms with Gasteiger partial charge < -0.3 is 9.80 Å². The Morgan fingerprint density at radius 2 is 2.16 bits per heavy atom. The summed E-state index contributed by atoms with van der Waals surface area (Å²) in [6.07, 6.45) is 4.65. The molecule has 0 aliphatic carbocycles. The van der Waals surface area contributed by atoms with Gasteiger partial charge in [0.2, 0.25) is 0 Å². The van der Waals surface area contributed by atoms with Crippen molar-refractivity contribution in [1.82, 2.24) is 19.5 Å². The predicted octanol–water partition coefficient (Wildman–Crippen LogP) is 5.46. The van der Waals surface area contributed by atoms with Crippen LogP contribution in [0.15, 0.2) is 35.6 Å². The smallest absolute Gasteiger partial charge is 0.254 e. The minimum atomic E-state index is -0.201. The van der Waals surface area contributed by atoms with Gasteiger partial charge in [-0.15, -0.1) is 0 Å². The maximum Gasteiger partial charge on any atom is 0.254 e. The van der Waals surface area contributed by atoms with Gasteiger partial charge in [-0.25, -0.2) is 9.50 Å². The van der Waals surface area contributed by atoms with Crippen LogP contribution in [0.5, 0.6) is 0 Å². The van der Waals surface area contributed by atoms with Crippen molar-refractivity contribution < 1.29 is 4.79 Å². The summed E-state index contributed by atoms with van der Waals surface area (Å²) in [6, 6.07) is 9.24. The highest BCUT2D eigenvalue weighted by Crippen LogP contribution is 2.34. The van der Waals surface area contributed by atoms with Gasteiger partial charge in [0.05, 0.1) is 30.3 Å². The molecule has 0 N–H and O–H groups in total. The molecule has 190 valence electrons. The maximum atomic E-state index is 13.8. The monoisotopic (exact) mass is 517 g/mol. The molecule has 2 aromatic heterocycles. The predicted molar refractivity (Wildman–Crippen MR) is 140 cm³/mol. The van der Waals surface area contributed by atoms with Crippen LogP contribution in [0.2, 0.25) is 5.02 Å². The Morgan fingerprint density at radius 3 is 2.92 bits per heavy atom. The number of anilines is 1. The summed E-state index contributed by atoms with van der Waals surface area (Å²) in [5.74, 6) is 1.02. The van der Waals surface area contributed by atoms with E-state index in [2.05, 4.69) is 27.9 Å². The van der Waals surface area contributed by atoms with Gasteiger partial charge in [-0.2, -0.15) is 10.4 Å². The summed E-state index contributed by atoms with van der Waals surface area (Å²) in [5, 5.41) is 18.4. The lowest BCUT2D eigenvalue weighted by atomic mass is 9.97. The summed E-state index contributed by atoms with van der Waals surface area (Å²) in [6.45, 7) is 6.26. The van der Waals surface area contributed by atoms with Crippen LogP contribution in [0.4, 0.5) is 5.82 Å². The van der Waals surface area contributed by atoms with Gasteiger partial charge in [0, 0.05) is 53.0 Å². The van der Waals surface area contributed by atoms with Crippen LogP contribution < -0.4 is 4.90 Å². The van der Waals surface area contributed by atoms with E-state index in [-0.39, 0.29) is 24.4 Å². The molecular weight excluding hydrogens is 490 g/mol. The number of nitrogens with zero attached hydrogens (tertiary/aromatic N) is 9. The second-order valence-corrected chi connectivity index (χ2v) is 10.4. The molecule has 10 nitrogen and oxygen atoms in total. The summed E-state index contributed by atoms with van der Waals surface area (Å²) >= 11 is 6.23. The summed E-state index contributed by atoms with van der Waals surface area (Å²) in [4.78, 5) is 25.5. The van der Waals surface area contributed by atoms with E-state index >= 15 is 0 Å². The number of fused-ring (bicyclic) bond motifs is 1. The van der Waals surface area contributed by atoms with Crippen LogP contribution in [0, 0.1) is 30.1 Å². The van der Waals surface area contributed by atoms with E-state index in [1.807, 2.05) is 24.1 Å². The molecule has 2 aliphatic rings. The number of aromatic nitrogens is 3. The fourth-order valence-electron chi connectivity index (χ4n) is 5.44. The van der Waals surface area contributed by atoms with Crippen molar-refractivity contribution >= 4 is 29.0 Å². The number of rotatable bonds is 5. The molecule has 5 rings (SSSR count). The number of piperidine rings is 1. The zero-order valence-corrected chi connectivity index (χ0v) is 21.6. The van der Waals surface area contributed by atoms with Gasteiger partial charge in [-0.3, -0.25) is 4.79 Å². The van der Waals surface area contributed by atoms with Crippen molar-refractivity contribution in [3.63, 3.8) is 0 Å². The number of azide groups is 1. The molecule has 2 saturated heterocycles. The zero-order valence-electron chi connectivity index (χ0n) is 20.9. The lowest BCUT2D eigenvalue weighted by molar-refractivity contribution is 0.0604.